The van der Waals surface area contributed by atoms with Crippen LogP contribution in [-0.4, -0.2) is 13.0 Å². The molecule has 0 fully saturated rings. The van der Waals surface area contributed by atoms with Crippen molar-refractivity contribution in [1.29, 1.82) is 0 Å². The monoisotopic (exact) mass is 276 g/mol. The molecule has 3 aromatic carbocycles. The van der Waals surface area contributed by atoms with E-state index in [1.807, 2.05) is 54.6 Å². The fraction of sp³-hybridized carbons (Fsp3) is 0.0556. The van der Waals surface area contributed by atoms with Gasteiger partial charge in [-0.15, -0.1) is 0 Å². The molecular formula is C18H16N2O. The topological polar surface area (TPSA) is 46.3 Å². The van der Waals surface area contributed by atoms with Crippen molar-refractivity contribution in [2.45, 2.75) is 0 Å². The Balaban J connectivity index is 1.96. The molecule has 3 nitrogen and oxygen atoms in total. The Bertz CT molecular complexity index is 811. The highest BCUT2D eigenvalue weighted by Gasteiger charge is 2.13. The molecule has 0 radical (unpaired) electrons. The molecule has 0 aliphatic rings. The van der Waals surface area contributed by atoms with Gasteiger partial charge in [0.15, 0.2) is 0 Å². The lowest BCUT2D eigenvalue weighted by molar-refractivity contribution is 0.0993. The van der Waals surface area contributed by atoms with Gasteiger partial charge in [-0.05, 0) is 41.1 Å². The zero-order valence-electron chi connectivity index (χ0n) is 11.8. The number of carbonyl (C=O) groups is 1. The molecular weight excluding hydrogens is 260 g/mol. The first-order valence-electron chi connectivity index (χ1n) is 6.77. The number of nitrogen functional groups attached to an aromatic ring is 1. The summed E-state index contributed by atoms with van der Waals surface area (Å²) in [5.41, 5.74) is 7.87. The van der Waals surface area contributed by atoms with Crippen molar-refractivity contribution < 1.29 is 4.79 Å². The van der Waals surface area contributed by atoms with Crippen molar-refractivity contribution in [1.82, 2.24) is 0 Å². The van der Waals surface area contributed by atoms with Crippen LogP contribution in [0.25, 0.3) is 10.8 Å². The molecule has 0 unspecified atom stereocenters. The Morgan fingerprint density at radius 2 is 1.67 bits per heavy atom. The summed E-state index contributed by atoms with van der Waals surface area (Å²) < 4.78 is 0. The lowest BCUT2D eigenvalue weighted by Gasteiger charge is -2.18. The van der Waals surface area contributed by atoms with Gasteiger partial charge in [0.1, 0.15) is 0 Å². The first-order chi connectivity index (χ1) is 10.1. The predicted molar refractivity (Wildman–Crippen MR) is 87.5 cm³/mol. The third-order valence-corrected chi connectivity index (χ3v) is 3.56. The molecule has 1 amide bonds. The van der Waals surface area contributed by atoms with Crippen LogP contribution in [0.5, 0.6) is 0 Å². The van der Waals surface area contributed by atoms with Gasteiger partial charge in [-0.2, -0.15) is 0 Å². The molecule has 3 rings (SSSR count). The van der Waals surface area contributed by atoms with Crippen molar-refractivity contribution in [2.75, 3.05) is 17.7 Å². The molecule has 3 heteroatoms. The van der Waals surface area contributed by atoms with E-state index >= 15 is 0 Å². The highest BCUT2D eigenvalue weighted by Crippen LogP contribution is 2.21. The van der Waals surface area contributed by atoms with Gasteiger partial charge in [-0.3, -0.25) is 4.79 Å². The Hall–Kier alpha value is -2.81. The number of benzene rings is 3. The quantitative estimate of drug-likeness (QED) is 0.725. The van der Waals surface area contributed by atoms with E-state index in [0.717, 1.165) is 16.5 Å². The molecule has 0 saturated carbocycles. The maximum Gasteiger partial charge on any atom is 0.258 e. The number of hydrogen-bond acceptors (Lipinski definition) is 2. The first-order valence-corrected chi connectivity index (χ1v) is 6.77. The number of rotatable bonds is 2. The van der Waals surface area contributed by atoms with Crippen LogP contribution in [0.15, 0.2) is 66.7 Å². The molecule has 0 heterocycles. The second kappa shape index (κ2) is 5.29. The van der Waals surface area contributed by atoms with E-state index in [0.29, 0.717) is 11.3 Å². The summed E-state index contributed by atoms with van der Waals surface area (Å²) >= 11 is 0. The minimum atomic E-state index is -0.0497. The minimum Gasteiger partial charge on any atom is -0.399 e. The van der Waals surface area contributed by atoms with E-state index in [9.17, 15) is 4.79 Å². The van der Waals surface area contributed by atoms with Crippen LogP contribution < -0.4 is 10.6 Å². The summed E-state index contributed by atoms with van der Waals surface area (Å²) in [4.78, 5) is 14.2. The normalized spacial score (nSPS) is 10.5. The molecule has 104 valence electrons. The molecule has 0 saturated heterocycles. The number of hydrogen-bond donors (Lipinski definition) is 1. The number of amides is 1. The summed E-state index contributed by atoms with van der Waals surface area (Å²) in [5, 5.41) is 2.19. The summed E-state index contributed by atoms with van der Waals surface area (Å²) in [6.45, 7) is 0. The number of nitrogens with two attached hydrogens (primary N) is 1. The predicted octanol–water partition coefficient (Wildman–Crippen LogP) is 3.70. The van der Waals surface area contributed by atoms with Crippen LogP contribution in [0.2, 0.25) is 0 Å². The zero-order valence-corrected chi connectivity index (χ0v) is 11.8. The van der Waals surface area contributed by atoms with Crippen LogP contribution in [0.3, 0.4) is 0 Å². The van der Waals surface area contributed by atoms with Crippen LogP contribution in [0.4, 0.5) is 11.4 Å². The summed E-state index contributed by atoms with van der Waals surface area (Å²) in [6, 6.07) is 21.0. The minimum absolute atomic E-state index is 0.0497. The largest absolute Gasteiger partial charge is 0.399 e. The molecule has 0 bridgehead atoms. The maximum absolute atomic E-state index is 12.6. The molecule has 21 heavy (non-hydrogen) atoms. The Morgan fingerprint density at radius 3 is 2.43 bits per heavy atom. The molecule has 2 N–H and O–H groups in total. The molecule has 0 aliphatic heterocycles. The Morgan fingerprint density at radius 1 is 0.905 bits per heavy atom. The molecule has 0 spiro atoms. The number of carbonyl (C=O) groups excluding carboxylic acids is 1. The highest BCUT2D eigenvalue weighted by atomic mass is 16.2. The SMILES string of the molecule is CN(C(=O)c1ccc2ccccc2c1)c1cccc(N)c1. The van der Waals surface area contributed by atoms with Gasteiger partial charge in [0.05, 0.1) is 0 Å². The van der Waals surface area contributed by atoms with Gasteiger partial charge < -0.3 is 10.6 Å². The van der Waals surface area contributed by atoms with E-state index < -0.39 is 0 Å². The number of fused-ring (bicyclic) bond motifs is 1. The molecule has 3 aromatic rings. The number of nitrogens with zero attached hydrogens (tertiary/aromatic N) is 1. The van der Waals surface area contributed by atoms with Crippen molar-refractivity contribution >= 4 is 28.1 Å². The second-order valence-electron chi connectivity index (χ2n) is 5.02. The first kappa shape index (κ1) is 13.2. The fourth-order valence-electron chi connectivity index (χ4n) is 2.37. The van der Waals surface area contributed by atoms with Crippen molar-refractivity contribution in [3.63, 3.8) is 0 Å². The van der Waals surface area contributed by atoms with E-state index in [4.69, 9.17) is 5.73 Å². The lowest BCUT2D eigenvalue weighted by Crippen LogP contribution is -2.26. The summed E-state index contributed by atoms with van der Waals surface area (Å²) in [6.07, 6.45) is 0. The fourth-order valence-corrected chi connectivity index (χ4v) is 2.37. The average molecular weight is 276 g/mol. The van der Waals surface area contributed by atoms with Crippen LogP contribution in [0, 0.1) is 0 Å². The molecule has 0 atom stereocenters. The van der Waals surface area contributed by atoms with Crippen LogP contribution >= 0.6 is 0 Å². The van der Waals surface area contributed by atoms with Gasteiger partial charge in [0.25, 0.3) is 5.91 Å². The Labute approximate surface area is 123 Å². The van der Waals surface area contributed by atoms with Crippen molar-refractivity contribution in [3.05, 3.63) is 72.3 Å². The number of anilines is 2. The van der Waals surface area contributed by atoms with Crippen LogP contribution in [0.1, 0.15) is 10.4 Å². The molecule has 0 aromatic heterocycles. The Kier molecular flexibility index (Phi) is 3.32. The van der Waals surface area contributed by atoms with E-state index in [1.165, 1.54) is 0 Å². The third kappa shape index (κ3) is 2.58. The van der Waals surface area contributed by atoms with E-state index in [1.54, 1.807) is 24.1 Å². The highest BCUT2D eigenvalue weighted by molar-refractivity contribution is 6.07. The second-order valence-corrected chi connectivity index (χ2v) is 5.02. The smallest absolute Gasteiger partial charge is 0.258 e. The van der Waals surface area contributed by atoms with E-state index in [2.05, 4.69) is 0 Å². The van der Waals surface area contributed by atoms with Crippen LogP contribution in [-0.2, 0) is 0 Å². The maximum atomic E-state index is 12.6. The van der Waals surface area contributed by atoms with Gasteiger partial charge in [-0.1, -0.05) is 36.4 Å². The van der Waals surface area contributed by atoms with Gasteiger partial charge in [0, 0.05) is 24.0 Å². The van der Waals surface area contributed by atoms with Crippen molar-refractivity contribution in [2.24, 2.45) is 0 Å². The van der Waals surface area contributed by atoms with Crippen molar-refractivity contribution in [3.8, 4) is 0 Å². The van der Waals surface area contributed by atoms with Gasteiger partial charge in [0.2, 0.25) is 0 Å². The summed E-state index contributed by atoms with van der Waals surface area (Å²) in [7, 11) is 1.76. The average Bonchev–Trinajstić information content (AvgIpc) is 2.53. The summed E-state index contributed by atoms with van der Waals surface area (Å²) in [5.74, 6) is -0.0497. The third-order valence-electron chi connectivity index (χ3n) is 3.56. The van der Waals surface area contributed by atoms with E-state index in [-0.39, 0.29) is 5.91 Å². The van der Waals surface area contributed by atoms with Gasteiger partial charge >= 0.3 is 0 Å². The standard InChI is InChI=1S/C18H16N2O/c1-20(17-8-4-7-16(19)12-17)18(21)15-10-9-13-5-2-3-6-14(13)11-15/h2-12H,19H2,1H3. The molecule has 0 aliphatic carbocycles. The van der Waals surface area contributed by atoms with Gasteiger partial charge in [-0.25, -0.2) is 0 Å². The lowest BCUT2D eigenvalue weighted by atomic mass is 10.1. The zero-order chi connectivity index (χ0) is 14.8.